The van der Waals surface area contributed by atoms with Gasteiger partial charge in [0, 0.05) is 12.2 Å². The molecule has 23 heavy (non-hydrogen) atoms. The van der Waals surface area contributed by atoms with Gasteiger partial charge >= 0.3 is 0 Å². The lowest BCUT2D eigenvalue weighted by Crippen LogP contribution is -2.31. The number of ketones is 2. The molecule has 0 spiro atoms. The predicted molar refractivity (Wildman–Crippen MR) is 88.7 cm³/mol. The molecule has 0 radical (unpaired) electrons. The van der Waals surface area contributed by atoms with Gasteiger partial charge in [-0.2, -0.15) is 0 Å². The van der Waals surface area contributed by atoms with Crippen LogP contribution in [0.15, 0.2) is 53.2 Å². The third-order valence-corrected chi connectivity index (χ3v) is 4.06. The summed E-state index contributed by atoms with van der Waals surface area (Å²) in [6.45, 7) is 2.28. The number of nitrogens with zero attached hydrogens (tertiary/aromatic N) is 1. The Bertz CT molecular complexity index is 813. The maximum absolute atomic E-state index is 12.5. The average molecular weight is 327 g/mol. The summed E-state index contributed by atoms with van der Waals surface area (Å²) in [5.74, 6) is -0.697. The third-order valence-electron chi connectivity index (χ3n) is 3.70. The molecule has 1 aliphatic carbocycles. The number of aryl methyl sites for hydroxylation is 1. The molecule has 0 saturated heterocycles. The molecule has 2 aromatic rings. The van der Waals surface area contributed by atoms with E-state index in [2.05, 4.69) is 10.3 Å². The number of fused-ring (bicyclic) bond motifs is 1. The number of hydrogen-bond acceptors (Lipinski definition) is 4. The largest absolute Gasteiger partial charge is 0.380 e. The van der Waals surface area contributed by atoms with Gasteiger partial charge in [-0.3, -0.25) is 9.59 Å². The summed E-state index contributed by atoms with van der Waals surface area (Å²) in [7, 11) is 0. The van der Waals surface area contributed by atoms with Crippen LogP contribution in [0.25, 0.3) is 0 Å². The van der Waals surface area contributed by atoms with E-state index >= 15 is 0 Å². The normalized spacial score (nSPS) is 14.0. The van der Waals surface area contributed by atoms with Crippen molar-refractivity contribution in [3.05, 3.63) is 75.7 Å². The molecule has 1 aliphatic rings. The highest BCUT2D eigenvalue weighted by molar-refractivity contribution is 6.49. The van der Waals surface area contributed by atoms with Crippen LogP contribution < -0.4 is 5.32 Å². The molecule has 0 unspecified atom stereocenters. The second-order valence-electron chi connectivity index (χ2n) is 5.36. The first kappa shape index (κ1) is 15.4. The number of halogens is 1. The summed E-state index contributed by atoms with van der Waals surface area (Å²) in [5, 5.41) is 2.92. The molecule has 0 atom stereocenters. The van der Waals surface area contributed by atoms with Crippen LogP contribution in [0.2, 0.25) is 0 Å². The van der Waals surface area contributed by atoms with Crippen LogP contribution in [0.1, 0.15) is 32.1 Å². The van der Waals surface area contributed by atoms with Crippen LogP contribution in [-0.2, 0) is 6.42 Å². The Morgan fingerprint density at radius 1 is 1.04 bits per heavy atom. The summed E-state index contributed by atoms with van der Waals surface area (Å²) in [6.07, 6.45) is 0.731. The van der Waals surface area contributed by atoms with Gasteiger partial charge in [-0.1, -0.05) is 41.9 Å². The first-order chi connectivity index (χ1) is 11.1. The van der Waals surface area contributed by atoms with Crippen molar-refractivity contribution >= 4 is 23.2 Å². The van der Waals surface area contributed by atoms with Crippen LogP contribution in [-0.4, -0.2) is 23.1 Å². The number of Topliss-reactive ketones (excluding diaryl/α,β-unsaturated/α-hetero) is 2. The van der Waals surface area contributed by atoms with E-state index in [1.54, 1.807) is 19.1 Å². The van der Waals surface area contributed by atoms with Crippen LogP contribution >= 0.6 is 11.6 Å². The molecule has 1 aromatic heterocycles. The minimum absolute atomic E-state index is 0.0892. The topological polar surface area (TPSA) is 59.1 Å². The molecule has 5 heteroatoms. The molecule has 0 saturated carbocycles. The smallest absolute Gasteiger partial charge is 0.225 e. The van der Waals surface area contributed by atoms with E-state index in [4.69, 9.17) is 11.6 Å². The van der Waals surface area contributed by atoms with E-state index in [0.29, 0.717) is 17.8 Å². The Hall–Kier alpha value is -2.46. The van der Waals surface area contributed by atoms with Crippen molar-refractivity contribution in [2.24, 2.45) is 0 Å². The molecule has 0 fully saturated rings. The number of benzene rings is 1. The Balaban J connectivity index is 1.80. The van der Waals surface area contributed by atoms with Crippen molar-refractivity contribution in [2.45, 2.75) is 13.3 Å². The zero-order chi connectivity index (χ0) is 16.4. The van der Waals surface area contributed by atoms with Crippen LogP contribution in [0, 0.1) is 6.92 Å². The fraction of sp³-hybridized carbons (Fsp3) is 0.167. The van der Waals surface area contributed by atoms with Gasteiger partial charge in [0.2, 0.25) is 11.6 Å². The highest BCUT2D eigenvalue weighted by Crippen LogP contribution is 2.26. The second-order valence-corrected chi connectivity index (χ2v) is 5.74. The number of nitrogens with one attached hydrogen (secondary N) is 1. The molecule has 1 heterocycles. The van der Waals surface area contributed by atoms with E-state index in [1.807, 2.05) is 30.3 Å². The fourth-order valence-corrected chi connectivity index (χ4v) is 2.74. The Morgan fingerprint density at radius 3 is 2.52 bits per heavy atom. The van der Waals surface area contributed by atoms with Crippen LogP contribution in [0.3, 0.4) is 0 Å². The van der Waals surface area contributed by atoms with Gasteiger partial charge in [0.15, 0.2) is 0 Å². The minimum Gasteiger partial charge on any atom is -0.380 e. The number of aromatic nitrogens is 1. The van der Waals surface area contributed by atoms with Crippen molar-refractivity contribution in [1.82, 2.24) is 10.3 Å². The quantitative estimate of drug-likeness (QED) is 0.938. The predicted octanol–water partition coefficient (Wildman–Crippen LogP) is 3.05. The summed E-state index contributed by atoms with van der Waals surface area (Å²) >= 11 is 6.10. The Morgan fingerprint density at radius 2 is 1.78 bits per heavy atom. The van der Waals surface area contributed by atoms with Crippen molar-refractivity contribution in [2.75, 3.05) is 6.54 Å². The fourth-order valence-electron chi connectivity index (χ4n) is 2.50. The van der Waals surface area contributed by atoms with Crippen molar-refractivity contribution in [3.8, 4) is 0 Å². The van der Waals surface area contributed by atoms with E-state index in [9.17, 15) is 9.59 Å². The molecule has 116 valence electrons. The van der Waals surface area contributed by atoms with E-state index in [-0.39, 0.29) is 22.2 Å². The molecule has 4 nitrogen and oxygen atoms in total. The number of allylic oxidation sites excluding steroid dienone is 2. The highest BCUT2D eigenvalue weighted by Gasteiger charge is 2.32. The van der Waals surface area contributed by atoms with Gasteiger partial charge in [-0.25, -0.2) is 4.98 Å². The SMILES string of the molecule is Cc1ccc2c(n1)C(=O)C(Cl)=C(NCCc1ccccc1)C2=O. The summed E-state index contributed by atoms with van der Waals surface area (Å²) in [4.78, 5) is 29.0. The minimum atomic E-state index is -0.410. The second kappa shape index (κ2) is 6.34. The monoisotopic (exact) mass is 326 g/mol. The first-order valence-corrected chi connectivity index (χ1v) is 7.70. The maximum atomic E-state index is 12.5. The molecule has 1 aromatic carbocycles. The molecular formula is C18H15ClN2O2. The molecule has 0 bridgehead atoms. The van der Waals surface area contributed by atoms with Gasteiger partial charge < -0.3 is 5.32 Å². The summed E-state index contributed by atoms with van der Waals surface area (Å²) in [5.41, 5.74) is 2.41. The Kier molecular flexibility index (Phi) is 4.26. The molecule has 1 N–H and O–H groups in total. The number of carbonyl (C=O) groups excluding carboxylic acids is 2. The molecule has 0 aliphatic heterocycles. The average Bonchev–Trinajstić information content (AvgIpc) is 2.57. The van der Waals surface area contributed by atoms with Crippen LogP contribution in [0.4, 0.5) is 0 Å². The summed E-state index contributed by atoms with van der Waals surface area (Å²) in [6, 6.07) is 13.2. The lowest BCUT2D eigenvalue weighted by atomic mass is 9.96. The van der Waals surface area contributed by atoms with Crippen molar-refractivity contribution in [1.29, 1.82) is 0 Å². The van der Waals surface area contributed by atoms with Gasteiger partial charge in [0.25, 0.3) is 0 Å². The lowest BCUT2D eigenvalue weighted by Gasteiger charge is -2.18. The van der Waals surface area contributed by atoms with Gasteiger partial charge in [0.05, 0.1) is 5.56 Å². The van der Waals surface area contributed by atoms with E-state index < -0.39 is 5.78 Å². The van der Waals surface area contributed by atoms with Gasteiger partial charge in [-0.05, 0) is 31.0 Å². The van der Waals surface area contributed by atoms with E-state index in [1.165, 1.54) is 0 Å². The van der Waals surface area contributed by atoms with E-state index in [0.717, 1.165) is 12.0 Å². The number of hydrogen-bond donors (Lipinski definition) is 1. The maximum Gasteiger partial charge on any atom is 0.225 e. The zero-order valence-electron chi connectivity index (χ0n) is 12.6. The molecule has 3 rings (SSSR count). The lowest BCUT2D eigenvalue weighted by molar-refractivity contribution is 0.0971. The zero-order valence-corrected chi connectivity index (χ0v) is 13.4. The standard InChI is InChI=1S/C18H15ClN2O2/c1-11-7-8-13-15(21-11)18(23)14(19)16(17(13)22)20-10-9-12-5-3-2-4-6-12/h2-8,20H,9-10H2,1H3. The van der Waals surface area contributed by atoms with Gasteiger partial charge in [-0.15, -0.1) is 0 Å². The van der Waals surface area contributed by atoms with Crippen LogP contribution in [0.5, 0.6) is 0 Å². The number of carbonyl (C=O) groups is 2. The summed E-state index contributed by atoms with van der Waals surface area (Å²) < 4.78 is 0. The number of pyridine rings is 1. The van der Waals surface area contributed by atoms with Crippen molar-refractivity contribution in [3.63, 3.8) is 0 Å². The molecule has 0 amide bonds. The third kappa shape index (κ3) is 3.03. The molecular weight excluding hydrogens is 312 g/mol. The first-order valence-electron chi connectivity index (χ1n) is 7.32. The van der Waals surface area contributed by atoms with Crippen molar-refractivity contribution < 1.29 is 9.59 Å². The Labute approximate surface area is 139 Å². The number of rotatable bonds is 4. The highest BCUT2D eigenvalue weighted by atomic mass is 35.5. The van der Waals surface area contributed by atoms with Gasteiger partial charge in [0.1, 0.15) is 16.4 Å².